The van der Waals surface area contributed by atoms with Crippen molar-refractivity contribution in [2.45, 2.75) is 75.5 Å². The summed E-state index contributed by atoms with van der Waals surface area (Å²) in [4.78, 5) is 12.7. The number of benzene rings is 1. The average Bonchev–Trinajstić information content (AvgIpc) is 3.16. The predicted octanol–water partition coefficient (Wildman–Crippen LogP) is 5.23. The number of allylic oxidation sites excluding steroid dienone is 2. The second-order valence-electron chi connectivity index (χ2n) is 8.43. The van der Waals surface area contributed by atoms with Crippen molar-refractivity contribution < 1.29 is 4.79 Å². The molecule has 0 heterocycles. The molecule has 120 valence electrons. The molecule has 2 bridgehead atoms. The van der Waals surface area contributed by atoms with E-state index in [-0.39, 0.29) is 5.41 Å². The minimum absolute atomic E-state index is 0.166. The van der Waals surface area contributed by atoms with Gasteiger partial charge in [0.1, 0.15) is 5.78 Å². The quantitative estimate of drug-likeness (QED) is 0.649. The molecule has 2 unspecified atom stereocenters. The summed E-state index contributed by atoms with van der Waals surface area (Å²) in [5, 5.41) is 0. The number of hydrogen-bond donors (Lipinski definition) is 0. The summed E-state index contributed by atoms with van der Waals surface area (Å²) in [6.45, 7) is 0. The van der Waals surface area contributed by atoms with Gasteiger partial charge in [0.2, 0.25) is 0 Å². The van der Waals surface area contributed by atoms with E-state index < -0.39 is 0 Å². The van der Waals surface area contributed by atoms with Gasteiger partial charge in [-0.3, -0.25) is 4.79 Å². The number of carbonyl (C=O) groups is 1. The molecule has 0 aliphatic heterocycles. The highest BCUT2D eigenvalue weighted by Gasteiger charge is 2.52. The summed E-state index contributed by atoms with van der Waals surface area (Å²) >= 11 is 0. The van der Waals surface area contributed by atoms with Crippen LogP contribution in [-0.4, -0.2) is 5.78 Å². The van der Waals surface area contributed by atoms with Crippen molar-refractivity contribution in [3.63, 3.8) is 0 Å². The van der Waals surface area contributed by atoms with Crippen molar-refractivity contribution in [2.75, 3.05) is 0 Å². The van der Waals surface area contributed by atoms with Gasteiger partial charge in [0.25, 0.3) is 0 Å². The van der Waals surface area contributed by atoms with Crippen LogP contribution in [0, 0.1) is 5.92 Å². The van der Waals surface area contributed by atoms with E-state index in [4.69, 9.17) is 0 Å². The highest BCUT2D eigenvalue weighted by Crippen LogP contribution is 2.58. The fraction of sp³-hybridized carbons (Fsp3) is 0.591. The Balaban J connectivity index is 1.63. The summed E-state index contributed by atoms with van der Waals surface area (Å²) in [6.07, 6.45) is 14.3. The van der Waals surface area contributed by atoms with E-state index in [0.29, 0.717) is 24.0 Å². The molecule has 0 saturated heterocycles. The molecule has 1 aromatic rings. The van der Waals surface area contributed by atoms with Crippen LogP contribution in [0.15, 0.2) is 29.8 Å². The van der Waals surface area contributed by atoms with Gasteiger partial charge in [0, 0.05) is 18.3 Å². The van der Waals surface area contributed by atoms with Crippen LogP contribution in [-0.2, 0) is 16.6 Å². The van der Waals surface area contributed by atoms with Crippen LogP contribution in [0.25, 0.3) is 0 Å². The Morgan fingerprint density at radius 2 is 1.91 bits per heavy atom. The third-order valence-corrected chi connectivity index (χ3v) is 7.20. The Bertz CT molecular complexity index is 692. The summed E-state index contributed by atoms with van der Waals surface area (Å²) in [5.74, 6) is 1.90. The van der Waals surface area contributed by atoms with Gasteiger partial charge >= 0.3 is 0 Å². The number of carbonyl (C=O) groups excluding carboxylic acids is 1. The van der Waals surface area contributed by atoms with Gasteiger partial charge < -0.3 is 0 Å². The third-order valence-electron chi connectivity index (χ3n) is 7.20. The number of hydrogen-bond acceptors (Lipinski definition) is 1. The van der Waals surface area contributed by atoms with Crippen LogP contribution in [0.5, 0.6) is 0 Å². The summed E-state index contributed by atoms with van der Waals surface area (Å²) in [7, 11) is 0. The Kier molecular flexibility index (Phi) is 3.08. The SMILES string of the molecule is O=C1Cc2c(C3CCCCC3)cccc2C2(C1)CC1=CCC2C1. The standard InChI is InChI=1S/C22H26O/c23-18-12-20-19(16-5-2-1-3-6-16)7-4-8-21(20)22(14-18)13-15-9-10-17(22)11-15/h4,7-9,16-17H,1-3,5-6,10-14H2. The molecule has 4 aliphatic rings. The van der Waals surface area contributed by atoms with Crippen LogP contribution in [0.2, 0.25) is 0 Å². The van der Waals surface area contributed by atoms with Crippen LogP contribution >= 0.6 is 0 Å². The lowest BCUT2D eigenvalue weighted by Gasteiger charge is -2.42. The molecule has 0 radical (unpaired) electrons. The maximum absolute atomic E-state index is 12.7. The fourth-order valence-corrected chi connectivity index (χ4v) is 6.20. The molecule has 2 atom stereocenters. The Morgan fingerprint density at radius 3 is 2.65 bits per heavy atom. The molecule has 1 heteroatoms. The lowest BCUT2D eigenvalue weighted by atomic mass is 9.61. The van der Waals surface area contributed by atoms with Crippen LogP contribution in [0.4, 0.5) is 0 Å². The summed E-state index contributed by atoms with van der Waals surface area (Å²) in [6, 6.07) is 7.00. The van der Waals surface area contributed by atoms with E-state index in [1.165, 1.54) is 56.1 Å². The second-order valence-corrected chi connectivity index (χ2v) is 8.43. The van der Waals surface area contributed by atoms with Crippen molar-refractivity contribution >= 4 is 5.78 Å². The summed E-state index contributed by atoms with van der Waals surface area (Å²) < 4.78 is 0. The zero-order valence-corrected chi connectivity index (χ0v) is 13.9. The van der Waals surface area contributed by atoms with Crippen molar-refractivity contribution in [3.05, 3.63) is 46.5 Å². The van der Waals surface area contributed by atoms with Gasteiger partial charge in [-0.2, -0.15) is 0 Å². The fourth-order valence-electron chi connectivity index (χ4n) is 6.20. The van der Waals surface area contributed by atoms with Crippen molar-refractivity contribution in [3.8, 4) is 0 Å². The van der Waals surface area contributed by atoms with Crippen LogP contribution in [0.1, 0.15) is 80.4 Å². The molecule has 0 aromatic heterocycles. The number of fused-ring (bicyclic) bond motifs is 5. The molecule has 2 saturated carbocycles. The number of Topliss-reactive ketones (excluding diaryl/α,β-unsaturated/α-hetero) is 1. The zero-order chi connectivity index (χ0) is 15.4. The molecule has 5 rings (SSSR count). The highest BCUT2D eigenvalue weighted by atomic mass is 16.1. The normalized spacial score (nSPS) is 33.1. The molecule has 2 fully saturated rings. The third kappa shape index (κ3) is 2.01. The maximum atomic E-state index is 12.7. The monoisotopic (exact) mass is 306 g/mol. The Morgan fingerprint density at radius 1 is 1.04 bits per heavy atom. The van der Waals surface area contributed by atoms with Crippen molar-refractivity contribution in [1.29, 1.82) is 0 Å². The van der Waals surface area contributed by atoms with Crippen molar-refractivity contribution in [2.24, 2.45) is 5.92 Å². The maximum Gasteiger partial charge on any atom is 0.138 e. The first-order chi connectivity index (χ1) is 11.3. The first kappa shape index (κ1) is 14.0. The molecular weight excluding hydrogens is 280 g/mol. The topological polar surface area (TPSA) is 17.1 Å². The highest BCUT2D eigenvalue weighted by molar-refractivity contribution is 5.86. The molecule has 1 nitrogen and oxygen atoms in total. The van der Waals surface area contributed by atoms with Gasteiger partial charge in [-0.15, -0.1) is 0 Å². The summed E-state index contributed by atoms with van der Waals surface area (Å²) in [5.41, 5.74) is 6.33. The zero-order valence-electron chi connectivity index (χ0n) is 13.9. The molecular formula is C22H26O. The minimum atomic E-state index is 0.166. The van der Waals surface area contributed by atoms with Gasteiger partial charge in [-0.1, -0.05) is 49.1 Å². The van der Waals surface area contributed by atoms with Gasteiger partial charge in [0.15, 0.2) is 0 Å². The lowest BCUT2D eigenvalue weighted by molar-refractivity contribution is -0.120. The van der Waals surface area contributed by atoms with E-state index >= 15 is 0 Å². The molecule has 1 spiro atoms. The van der Waals surface area contributed by atoms with Crippen LogP contribution < -0.4 is 0 Å². The lowest BCUT2D eigenvalue weighted by Crippen LogP contribution is -2.39. The van der Waals surface area contributed by atoms with Crippen molar-refractivity contribution in [1.82, 2.24) is 0 Å². The minimum Gasteiger partial charge on any atom is -0.299 e. The first-order valence-electron chi connectivity index (χ1n) is 9.58. The second kappa shape index (κ2) is 5.06. The van der Waals surface area contributed by atoms with E-state index in [2.05, 4.69) is 24.3 Å². The smallest absolute Gasteiger partial charge is 0.138 e. The number of rotatable bonds is 1. The van der Waals surface area contributed by atoms with Crippen LogP contribution in [0.3, 0.4) is 0 Å². The largest absolute Gasteiger partial charge is 0.299 e. The average molecular weight is 306 g/mol. The first-order valence-corrected chi connectivity index (χ1v) is 9.58. The Labute approximate surface area is 139 Å². The van der Waals surface area contributed by atoms with Gasteiger partial charge in [-0.05, 0) is 60.6 Å². The Hall–Kier alpha value is -1.37. The van der Waals surface area contributed by atoms with E-state index in [1.54, 1.807) is 11.1 Å². The van der Waals surface area contributed by atoms with Gasteiger partial charge in [0.05, 0.1) is 0 Å². The number of ketones is 1. The van der Waals surface area contributed by atoms with E-state index in [9.17, 15) is 4.79 Å². The van der Waals surface area contributed by atoms with E-state index in [0.717, 1.165) is 12.8 Å². The predicted molar refractivity (Wildman–Crippen MR) is 92.7 cm³/mol. The molecule has 0 N–H and O–H groups in total. The molecule has 4 aliphatic carbocycles. The van der Waals surface area contributed by atoms with E-state index in [1.807, 2.05) is 0 Å². The van der Waals surface area contributed by atoms with Gasteiger partial charge in [-0.25, -0.2) is 0 Å². The molecule has 23 heavy (non-hydrogen) atoms. The molecule has 0 amide bonds. The molecule has 1 aromatic carbocycles.